The molecule has 1 spiro atoms. The average Bonchev–Trinajstić information content (AvgIpc) is 2.62. The molecule has 2 aliphatic rings. The molecule has 3 nitrogen and oxygen atoms in total. The van der Waals surface area contributed by atoms with Gasteiger partial charge in [0, 0.05) is 18.5 Å². The molecule has 108 valence electrons. The van der Waals surface area contributed by atoms with Crippen LogP contribution in [-0.4, -0.2) is 24.2 Å². The van der Waals surface area contributed by atoms with Crippen molar-refractivity contribution in [3.05, 3.63) is 29.6 Å². The summed E-state index contributed by atoms with van der Waals surface area (Å²) in [5.41, 5.74) is 0.940. The number of carboxylic acids is 1. The minimum Gasteiger partial charge on any atom is -0.478 e. The van der Waals surface area contributed by atoms with Gasteiger partial charge in [-0.1, -0.05) is 25.7 Å². The van der Waals surface area contributed by atoms with Crippen LogP contribution in [0.4, 0.5) is 10.1 Å². The Labute approximate surface area is 118 Å². The number of carboxylic acid groups (broad SMARTS) is 1. The van der Waals surface area contributed by atoms with E-state index in [1.54, 1.807) is 6.07 Å². The topological polar surface area (TPSA) is 40.5 Å². The van der Waals surface area contributed by atoms with Gasteiger partial charge in [0.2, 0.25) is 0 Å². The van der Waals surface area contributed by atoms with Crippen molar-refractivity contribution in [1.82, 2.24) is 0 Å². The van der Waals surface area contributed by atoms with Crippen molar-refractivity contribution in [2.24, 2.45) is 5.41 Å². The van der Waals surface area contributed by atoms with Gasteiger partial charge in [-0.15, -0.1) is 0 Å². The summed E-state index contributed by atoms with van der Waals surface area (Å²) in [5, 5.41) is 8.86. The first-order valence-electron chi connectivity index (χ1n) is 7.38. The summed E-state index contributed by atoms with van der Waals surface area (Å²) in [6.07, 6.45) is 7.71. The smallest absolute Gasteiger partial charge is 0.335 e. The molecule has 1 aromatic carbocycles. The first kappa shape index (κ1) is 13.4. The molecule has 20 heavy (non-hydrogen) atoms. The largest absolute Gasteiger partial charge is 0.478 e. The van der Waals surface area contributed by atoms with Crippen LogP contribution in [0.1, 0.15) is 48.9 Å². The van der Waals surface area contributed by atoms with Crippen LogP contribution in [0.25, 0.3) is 0 Å². The minimum absolute atomic E-state index is 0.0101. The molecule has 0 radical (unpaired) electrons. The number of rotatable bonds is 2. The van der Waals surface area contributed by atoms with Gasteiger partial charge in [0.1, 0.15) is 5.82 Å². The van der Waals surface area contributed by atoms with Crippen molar-refractivity contribution in [2.75, 3.05) is 18.0 Å². The van der Waals surface area contributed by atoms with Crippen molar-refractivity contribution in [3.63, 3.8) is 0 Å². The molecular formula is C16H20FNO2. The molecule has 1 heterocycles. The second kappa shape index (κ2) is 5.08. The number of halogens is 1. The lowest BCUT2D eigenvalue weighted by Crippen LogP contribution is -2.56. The molecule has 3 rings (SSSR count). The van der Waals surface area contributed by atoms with E-state index < -0.39 is 11.8 Å². The van der Waals surface area contributed by atoms with Gasteiger partial charge >= 0.3 is 5.97 Å². The van der Waals surface area contributed by atoms with Crippen LogP contribution >= 0.6 is 0 Å². The van der Waals surface area contributed by atoms with Gasteiger partial charge in [0.05, 0.1) is 11.3 Å². The van der Waals surface area contributed by atoms with Crippen LogP contribution in [0.15, 0.2) is 18.2 Å². The SMILES string of the molecule is O=C(O)c1ccc(N2CC3(CCCCCC3)C2)c(F)c1. The zero-order chi connectivity index (χ0) is 14.2. The Balaban J connectivity index is 1.71. The second-order valence-corrected chi connectivity index (χ2v) is 6.24. The van der Waals surface area contributed by atoms with Crippen LogP contribution in [0.2, 0.25) is 0 Å². The number of hydrogen-bond acceptors (Lipinski definition) is 2. The van der Waals surface area contributed by atoms with Gasteiger partial charge < -0.3 is 10.0 Å². The summed E-state index contributed by atoms with van der Waals surface area (Å²) >= 11 is 0. The number of aromatic carboxylic acids is 1. The third-order valence-electron chi connectivity index (χ3n) is 4.75. The first-order chi connectivity index (χ1) is 9.60. The van der Waals surface area contributed by atoms with E-state index in [0.29, 0.717) is 11.1 Å². The average molecular weight is 277 g/mol. The maximum absolute atomic E-state index is 14.0. The lowest BCUT2D eigenvalue weighted by atomic mass is 9.73. The Morgan fingerprint density at radius 2 is 1.80 bits per heavy atom. The minimum atomic E-state index is -1.08. The fourth-order valence-corrected chi connectivity index (χ4v) is 3.62. The highest BCUT2D eigenvalue weighted by molar-refractivity contribution is 5.88. The normalized spacial score (nSPS) is 21.4. The molecule has 1 aliphatic heterocycles. The van der Waals surface area contributed by atoms with E-state index in [2.05, 4.69) is 0 Å². The summed E-state index contributed by atoms with van der Waals surface area (Å²) in [6, 6.07) is 4.21. The Morgan fingerprint density at radius 1 is 1.15 bits per heavy atom. The molecular weight excluding hydrogens is 257 g/mol. The summed E-state index contributed by atoms with van der Waals surface area (Å²) in [5.74, 6) is -1.51. The molecule has 0 amide bonds. The molecule has 0 bridgehead atoms. The predicted molar refractivity (Wildman–Crippen MR) is 75.7 cm³/mol. The van der Waals surface area contributed by atoms with E-state index in [0.717, 1.165) is 19.2 Å². The van der Waals surface area contributed by atoms with Crippen LogP contribution < -0.4 is 4.90 Å². The van der Waals surface area contributed by atoms with E-state index in [-0.39, 0.29) is 5.56 Å². The maximum atomic E-state index is 14.0. The van der Waals surface area contributed by atoms with Gasteiger partial charge in [0.25, 0.3) is 0 Å². The summed E-state index contributed by atoms with van der Waals surface area (Å²) < 4.78 is 14.0. The zero-order valence-corrected chi connectivity index (χ0v) is 11.6. The van der Waals surface area contributed by atoms with E-state index >= 15 is 0 Å². The maximum Gasteiger partial charge on any atom is 0.335 e. The number of carbonyl (C=O) groups is 1. The van der Waals surface area contributed by atoms with Crippen molar-refractivity contribution in [2.45, 2.75) is 38.5 Å². The van der Waals surface area contributed by atoms with Crippen molar-refractivity contribution >= 4 is 11.7 Å². The van der Waals surface area contributed by atoms with Gasteiger partial charge in [-0.2, -0.15) is 0 Å². The Hall–Kier alpha value is -1.58. The molecule has 1 saturated carbocycles. The molecule has 0 aromatic heterocycles. The lowest BCUT2D eigenvalue weighted by molar-refractivity contribution is 0.0696. The Morgan fingerprint density at radius 3 is 2.35 bits per heavy atom. The van der Waals surface area contributed by atoms with Gasteiger partial charge in [-0.25, -0.2) is 9.18 Å². The number of hydrogen-bond donors (Lipinski definition) is 1. The molecule has 1 N–H and O–H groups in total. The van der Waals surface area contributed by atoms with Crippen molar-refractivity contribution < 1.29 is 14.3 Å². The van der Waals surface area contributed by atoms with E-state index in [9.17, 15) is 9.18 Å². The predicted octanol–water partition coefficient (Wildman–Crippen LogP) is 3.68. The molecule has 2 fully saturated rings. The summed E-state index contributed by atoms with van der Waals surface area (Å²) in [4.78, 5) is 12.9. The van der Waals surface area contributed by atoms with E-state index in [1.807, 2.05) is 4.90 Å². The standard InChI is InChI=1S/C16H20FNO2/c17-13-9-12(15(19)20)5-6-14(13)18-10-16(11-18)7-3-1-2-4-8-16/h5-6,9H,1-4,7-8,10-11H2,(H,19,20). The number of nitrogens with zero attached hydrogens (tertiary/aromatic N) is 1. The highest BCUT2D eigenvalue weighted by Crippen LogP contribution is 2.45. The third-order valence-corrected chi connectivity index (χ3v) is 4.75. The molecule has 0 unspecified atom stereocenters. The fourth-order valence-electron chi connectivity index (χ4n) is 3.62. The molecule has 4 heteroatoms. The fraction of sp³-hybridized carbons (Fsp3) is 0.562. The highest BCUT2D eigenvalue weighted by atomic mass is 19.1. The number of benzene rings is 1. The van der Waals surface area contributed by atoms with Crippen molar-refractivity contribution in [1.29, 1.82) is 0 Å². The van der Waals surface area contributed by atoms with Gasteiger partial charge in [-0.05, 0) is 31.0 Å². The lowest BCUT2D eigenvalue weighted by Gasteiger charge is -2.51. The van der Waals surface area contributed by atoms with Crippen molar-refractivity contribution in [3.8, 4) is 0 Å². The Kier molecular flexibility index (Phi) is 3.40. The molecule has 0 atom stereocenters. The molecule has 1 saturated heterocycles. The summed E-state index contributed by atoms with van der Waals surface area (Å²) in [7, 11) is 0. The molecule has 1 aromatic rings. The quantitative estimate of drug-likeness (QED) is 0.896. The second-order valence-electron chi connectivity index (χ2n) is 6.24. The monoisotopic (exact) mass is 277 g/mol. The van der Waals surface area contributed by atoms with Crippen LogP contribution in [0.5, 0.6) is 0 Å². The number of anilines is 1. The van der Waals surface area contributed by atoms with Crippen LogP contribution in [0, 0.1) is 11.2 Å². The van der Waals surface area contributed by atoms with Gasteiger partial charge in [0.15, 0.2) is 0 Å². The molecule has 1 aliphatic carbocycles. The van der Waals surface area contributed by atoms with E-state index in [1.165, 1.54) is 44.6 Å². The zero-order valence-electron chi connectivity index (χ0n) is 11.6. The highest BCUT2D eigenvalue weighted by Gasteiger charge is 2.43. The third kappa shape index (κ3) is 2.39. The van der Waals surface area contributed by atoms with E-state index in [4.69, 9.17) is 5.11 Å². The van der Waals surface area contributed by atoms with Crippen LogP contribution in [-0.2, 0) is 0 Å². The first-order valence-corrected chi connectivity index (χ1v) is 7.38. The summed E-state index contributed by atoms with van der Waals surface area (Å²) in [6.45, 7) is 1.83. The van der Waals surface area contributed by atoms with Gasteiger partial charge in [-0.3, -0.25) is 0 Å². The Bertz CT molecular complexity index is 513. The van der Waals surface area contributed by atoms with Crippen LogP contribution in [0.3, 0.4) is 0 Å².